The van der Waals surface area contributed by atoms with E-state index in [1.807, 2.05) is 0 Å². The van der Waals surface area contributed by atoms with Gasteiger partial charge >= 0.3 is 5.97 Å². The van der Waals surface area contributed by atoms with E-state index < -0.39 is 0 Å². The highest BCUT2D eigenvalue weighted by atomic mass is 16.5. The molecule has 60 valence electrons. The van der Waals surface area contributed by atoms with E-state index in [9.17, 15) is 4.79 Å². The van der Waals surface area contributed by atoms with Crippen molar-refractivity contribution in [1.82, 2.24) is 0 Å². The van der Waals surface area contributed by atoms with E-state index in [-0.39, 0.29) is 5.97 Å². The number of ether oxygens (including phenoxy) is 1. The van der Waals surface area contributed by atoms with Gasteiger partial charge < -0.3 is 4.74 Å². The fraction of sp³-hybridized carbons (Fsp3) is 0.222. The van der Waals surface area contributed by atoms with Crippen molar-refractivity contribution in [2.75, 3.05) is 7.11 Å². The number of hydrogen-bond donors (Lipinski definition) is 0. The van der Waals surface area contributed by atoms with E-state index in [0.29, 0.717) is 11.1 Å². The van der Waals surface area contributed by atoms with Crippen LogP contribution in [0.5, 0.6) is 0 Å². The summed E-state index contributed by atoms with van der Waals surface area (Å²) in [4.78, 5) is 10.9. The van der Waals surface area contributed by atoms with Gasteiger partial charge in [0, 0.05) is 0 Å². The van der Waals surface area contributed by atoms with Crippen LogP contribution in [0.3, 0.4) is 0 Å². The lowest BCUT2D eigenvalue weighted by Gasteiger charge is -2.01. The zero-order chi connectivity index (χ0) is 8.85. The summed E-state index contributed by atoms with van der Waals surface area (Å²) in [5.41, 5.74) is 1.14. The highest BCUT2D eigenvalue weighted by Crippen LogP contribution is 2.07. The summed E-state index contributed by atoms with van der Waals surface area (Å²) in [6.07, 6.45) is 3.11. The minimum Gasteiger partial charge on any atom is -0.465 e. The molecular formula is C9H12O2. The number of allylic oxidation sites excluding steroid dienone is 2. The molecular weight excluding hydrogens is 140 g/mol. The lowest BCUT2D eigenvalue weighted by molar-refractivity contribution is -0.135. The number of rotatable bonds is 3. The number of esters is 1. The van der Waals surface area contributed by atoms with E-state index in [1.165, 1.54) is 13.2 Å². The summed E-state index contributed by atoms with van der Waals surface area (Å²) >= 11 is 0. The smallest absolute Gasteiger partial charge is 0.338 e. The number of methoxy groups -OCH3 is 1. The topological polar surface area (TPSA) is 26.3 Å². The first-order valence-corrected chi connectivity index (χ1v) is 3.20. The standard InChI is InChI=1S/C9H12O2/c1-5-6-8(7(2)3)9(10)11-4/h5-6H,1-2H2,3-4H3/b8-6+. The van der Waals surface area contributed by atoms with Gasteiger partial charge in [-0.15, -0.1) is 0 Å². The molecule has 0 rings (SSSR count). The van der Waals surface area contributed by atoms with Crippen LogP contribution >= 0.6 is 0 Å². The quantitative estimate of drug-likeness (QED) is 0.350. The molecule has 0 bridgehead atoms. The molecule has 0 unspecified atom stereocenters. The van der Waals surface area contributed by atoms with Crippen LogP contribution in [0.15, 0.2) is 36.5 Å². The van der Waals surface area contributed by atoms with Crippen molar-refractivity contribution in [3.63, 3.8) is 0 Å². The van der Waals surface area contributed by atoms with Gasteiger partial charge in [-0.25, -0.2) is 4.79 Å². The van der Waals surface area contributed by atoms with Gasteiger partial charge in [-0.2, -0.15) is 0 Å². The fourth-order valence-corrected chi connectivity index (χ4v) is 0.612. The second-order valence-electron chi connectivity index (χ2n) is 2.09. The predicted molar refractivity (Wildman–Crippen MR) is 45.1 cm³/mol. The minimum absolute atomic E-state index is 0.377. The van der Waals surface area contributed by atoms with Gasteiger partial charge in [0.15, 0.2) is 0 Å². The molecule has 2 heteroatoms. The van der Waals surface area contributed by atoms with Crippen molar-refractivity contribution in [1.29, 1.82) is 0 Å². The van der Waals surface area contributed by atoms with Crippen molar-refractivity contribution in [2.45, 2.75) is 6.92 Å². The molecule has 0 heterocycles. The maximum Gasteiger partial charge on any atom is 0.338 e. The Hall–Kier alpha value is -1.31. The van der Waals surface area contributed by atoms with Crippen molar-refractivity contribution in [2.24, 2.45) is 0 Å². The molecule has 0 fully saturated rings. The summed E-state index contributed by atoms with van der Waals surface area (Å²) < 4.78 is 4.51. The summed E-state index contributed by atoms with van der Waals surface area (Å²) in [5.74, 6) is -0.377. The monoisotopic (exact) mass is 152 g/mol. The van der Waals surface area contributed by atoms with Gasteiger partial charge in [-0.3, -0.25) is 0 Å². The van der Waals surface area contributed by atoms with E-state index in [2.05, 4.69) is 17.9 Å². The molecule has 0 saturated heterocycles. The first-order chi connectivity index (χ1) is 5.13. The number of carbonyl (C=O) groups is 1. The first kappa shape index (κ1) is 9.69. The molecule has 0 amide bonds. The third-order valence-corrected chi connectivity index (χ3v) is 1.15. The Morgan fingerprint density at radius 1 is 1.55 bits per heavy atom. The molecule has 0 aliphatic rings. The molecule has 0 aromatic carbocycles. The Kier molecular flexibility index (Phi) is 3.96. The highest BCUT2D eigenvalue weighted by molar-refractivity contribution is 5.93. The molecule has 0 aliphatic carbocycles. The van der Waals surface area contributed by atoms with Crippen molar-refractivity contribution >= 4 is 5.97 Å². The Labute approximate surface area is 66.9 Å². The van der Waals surface area contributed by atoms with Crippen LogP contribution in [0.1, 0.15) is 6.92 Å². The maximum atomic E-state index is 10.9. The maximum absolute atomic E-state index is 10.9. The zero-order valence-electron chi connectivity index (χ0n) is 6.89. The van der Waals surface area contributed by atoms with Crippen LogP contribution in [0, 0.1) is 0 Å². The molecule has 11 heavy (non-hydrogen) atoms. The van der Waals surface area contributed by atoms with E-state index in [1.54, 1.807) is 13.0 Å². The van der Waals surface area contributed by atoms with Gasteiger partial charge in [-0.05, 0) is 18.6 Å². The van der Waals surface area contributed by atoms with Crippen LogP contribution in [0.25, 0.3) is 0 Å². The van der Waals surface area contributed by atoms with Crippen molar-refractivity contribution in [3.8, 4) is 0 Å². The Bertz CT molecular complexity index is 212. The Morgan fingerprint density at radius 2 is 2.09 bits per heavy atom. The summed E-state index contributed by atoms with van der Waals surface area (Å²) in [6.45, 7) is 8.84. The predicted octanol–water partition coefficient (Wildman–Crippen LogP) is 1.85. The molecule has 0 aromatic rings. The van der Waals surface area contributed by atoms with Gasteiger partial charge in [0.05, 0.1) is 12.7 Å². The zero-order valence-corrected chi connectivity index (χ0v) is 6.89. The van der Waals surface area contributed by atoms with Crippen LogP contribution in [0.4, 0.5) is 0 Å². The highest BCUT2D eigenvalue weighted by Gasteiger charge is 2.07. The lowest BCUT2D eigenvalue weighted by atomic mass is 10.1. The molecule has 0 atom stereocenters. The van der Waals surface area contributed by atoms with Gasteiger partial charge in [-0.1, -0.05) is 19.2 Å². The third kappa shape index (κ3) is 2.85. The second kappa shape index (κ2) is 4.50. The van der Waals surface area contributed by atoms with E-state index >= 15 is 0 Å². The molecule has 0 spiro atoms. The van der Waals surface area contributed by atoms with Gasteiger partial charge in [0.25, 0.3) is 0 Å². The third-order valence-electron chi connectivity index (χ3n) is 1.15. The Morgan fingerprint density at radius 3 is 2.36 bits per heavy atom. The number of hydrogen-bond acceptors (Lipinski definition) is 2. The Balaban J connectivity index is 4.61. The second-order valence-corrected chi connectivity index (χ2v) is 2.09. The summed E-state index contributed by atoms with van der Waals surface area (Å²) in [7, 11) is 1.34. The molecule has 0 N–H and O–H groups in total. The van der Waals surface area contributed by atoms with Gasteiger partial charge in [0.1, 0.15) is 0 Å². The first-order valence-electron chi connectivity index (χ1n) is 3.20. The fourth-order valence-electron chi connectivity index (χ4n) is 0.612. The molecule has 0 aliphatic heterocycles. The SMILES string of the molecule is C=C/C=C(\C(=C)C)C(=O)OC. The molecule has 0 saturated carbocycles. The molecule has 0 aromatic heterocycles. The van der Waals surface area contributed by atoms with Crippen LogP contribution < -0.4 is 0 Å². The van der Waals surface area contributed by atoms with Crippen LogP contribution in [0.2, 0.25) is 0 Å². The summed E-state index contributed by atoms with van der Waals surface area (Å²) in [5, 5.41) is 0. The molecule has 2 nitrogen and oxygen atoms in total. The average molecular weight is 152 g/mol. The number of carbonyl (C=O) groups excluding carboxylic acids is 1. The minimum atomic E-state index is -0.377. The largest absolute Gasteiger partial charge is 0.465 e. The van der Waals surface area contributed by atoms with Crippen LogP contribution in [-0.4, -0.2) is 13.1 Å². The van der Waals surface area contributed by atoms with Crippen molar-refractivity contribution in [3.05, 3.63) is 36.5 Å². The van der Waals surface area contributed by atoms with Crippen molar-refractivity contribution < 1.29 is 9.53 Å². The van der Waals surface area contributed by atoms with E-state index in [4.69, 9.17) is 0 Å². The normalized spacial score (nSPS) is 10.5. The summed E-state index contributed by atoms with van der Waals surface area (Å²) in [6, 6.07) is 0. The van der Waals surface area contributed by atoms with Gasteiger partial charge in [0.2, 0.25) is 0 Å². The molecule has 0 radical (unpaired) electrons. The van der Waals surface area contributed by atoms with Crippen LogP contribution in [-0.2, 0) is 9.53 Å². The lowest BCUT2D eigenvalue weighted by Crippen LogP contribution is -2.04. The average Bonchev–Trinajstić information content (AvgIpc) is 1.98. The van der Waals surface area contributed by atoms with E-state index in [0.717, 1.165) is 0 Å².